The highest BCUT2D eigenvalue weighted by Crippen LogP contribution is 2.21. The normalized spacial score (nSPS) is 18.9. The third-order valence-corrected chi connectivity index (χ3v) is 3.48. The summed E-state index contributed by atoms with van der Waals surface area (Å²) in [5.41, 5.74) is 0.411. The van der Waals surface area contributed by atoms with E-state index in [4.69, 9.17) is 0 Å². The average Bonchev–Trinajstić information content (AvgIpc) is 2.90. The lowest BCUT2D eigenvalue weighted by Crippen LogP contribution is -2.37. The van der Waals surface area contributed by atoms with Gasteiger partial charge in [0.05, 0.1) is 6.04 Å². The van der Waals surface area contributed by atoms with E-state index in [1.165, 1.54) is 18.2 Å². The van der Waals surface area contributed by atoms with E-state index in [1.807, 2.05) is 0 Å². The topological polar surface area (TPSA) is 50.4 Å². The molecule has 1 aromatic carbocycles. The number of thioether (sulfide) groups is 1. The maximum atomic E-state index is 12.1. The highest BCUT2D eigenvalue weighted by Gasteiger charge is 2.28. The smallest absolute Gasteiger partial charge is 0.422 e. The summed E-state index contributed by atoms with van der Waals surface area (Å²) in [7, 11) is 0. The van der Waals surface area contributed by atoms with Crippen molar-refractivity contribution >= 4 is 23.4 Å². The van der Waals surface area contributed by atoms with Gasteiger partial charge in [-0.05, 0) is 12.1 Å². The molecule has 2 rings (SSSR count). The van der Waals surface area contributed by atoms with Crippen molar-refractivity contribution in [2.24, 2.45) is 0 Å². The summed E-state index contributed by atoms with van der Waals surface area (Å²) < 4.78 is 40.8. The molecule has 1 heterocycles. The van der Waals surface area contributed by atoms with E-state index in [2.05, 4.69) is 15.4 Å². The Balaban J connectivity index is 1.93. The number of benzene rings is 1. The van der Waals surface area contributed by atoms with Crippen molar-refractivity contribution in [2.75, 3.05) is 23.6 Å². The molecule has 0 aliphatic carbocycles. The minimum atomic E-state index is -4.38. The molecule has 4 nitrogen and oxygen atoms in total. The zero-order valence-electron chi connectivity index (χ0n) is 10.4. The van der Waals surface area contributed by atoms with Gasteiger partial charge in [-0.2, -0.15) is 13.2 Å². The molecule has 20 heavy (non-hydrogen) atoms. The van der Waals surface area contributed by atoms with Gasteiger partial charge < -0.3 is 10.1 Å². The first-order valence-electron chi connectivity index (χ1n) is 5.86. The van der Waals surface area contributed by atoms with Crippen LogP contribution < -0.4 is 15.4 Å². The first kappa shape index (κ1) is 15.0. The molecule has 0 radical (unpaired) electrons. The number of carbonyl (C=O) groups excluding carboxylic acids is 1. The van der Waals surface area contributed by atoms with E-state index in [0.717, 1.165) is 0 Å². The van der Waals surface area contributed by atoms with Gasteiger partial charge in [-0.1, -0.05) is 6.07 Å². The average molecular weight is 306 g/mol. The minimum absolute atomic E-state index is 0.0638. The molecule has 1 amide bonds. The zero-order chi connectivity index (χ0) is 14.6. The Morgan fingerprint density at radius 2 is 2.30 bits per heavy atom. The first-order valence-corrected chi connectivity index (χ1v) is 7.01. The Morgan fingerprint density at radius 3 is 2.95 bits per heavy atom. The molecule has 2 N–H and O–H groups in total. The number of hydrogen-bond donors (Lipinski definition) is 2. The van der Waals surface area contributed by atoms with Gasteiger partial charge in [0.1, 0.15) is 5.75 Å². The van der Waals surface area contributed by atoms with E-state index >= 15 is 0 Å². The third-order valence-electron chi connectivity index (χ3n) is 2.54. The Kier molecular flexibility index (Phi) is 4.77. The van der Waals surface area contributed by atoms with Crippen molar-refractivity contribution in [3.63, 3.8) is 0 Å². The van der Waals surface area contributed by atoms with Crippen molar-refractivity contribution in [2.45, 2.75) is 12.2 Å². The van der Waals surface area contributed by atoms with E-state index < -0.39 is 12.8 Å². The maximum absolute atomic E-state index is 12.1. The number of alkyl halides is 3. The second-order valence-electron chi connectivity index (χ2n) is 4.19. The number of rotatable bonds is 4. The summed E-state index contributed by atoms with van der Waals surface area (Å²) in [6.07, 6.45) is -4.38. The Labute approximate surface area is 118 Å². The van der Waals surface area contributed by atoms with Crippen LogP contribution in [0.2, 0.25) is 0 Å². The zero-order valence-corrected chi connectivity index (χ0v) is 11.2. The van der Waals surface area contributed by atoms with Crippen molar-refractivity contribution in [3.8, 4) is 5.75 Å². The molecule has 110 valence electrons. The van der Waals surface area contributed by atoms with Gasteiger partial charge in [-0.25, -0.2) is 0 Å². The molecule has 0 spiro atoms. The van der Waals surface area contributed by atoms with E-state index in [9.17, 15) is 18.0 Å². The van der Waals surface area contributed by atoms with E-state index in [-0.39, 0.29) is 17.7 Å². The highest BCUT2D eigenvalue weighted by atomic mass is 32.2. The molecule has 0 saturated carbocycles. The van der Waals surface area contributed by atoms with Gasteiger partial charge in [0, 0.05) is 23.4 Å². The summed E-state index contributed by atoms with van der Waals surface area (Å²) >= 11 is 1.61. The van der Waals surface area contributed by atoms with Crippen molar-refractivity contribution in [1.29, 1.82) is 0 Å². The fraction of sp³-hybridized carbons (Fsp3) is 0.417. The fourth-order valence-corrected chi connectivity index (χ4v) is 2.56. The monoisotopic (exact) mass is 306 g/mol. The lowest BCUT2D eigenvalue weighted by atomic mass is 10.2. The first-order chi connectivity index (χ1) is 9.44. The van der Waals surface area contributed by atoms with Crippen LogP contribution in [-0.4, -0.2) is 36.4 Å². The molecule has 1 fully saturated rings. The van der Waals surface area contributed by atoms with Crippen LogP contribution in [0.1, 0.15) is 0 Å². The lowest BCUT2D eigenvalue weighted by Gasteiger charge is -2.12. The van der Waals surface area contributed by atoms with Crippen molar-refractivity contribution < 1.29 is 22.7 Å². The molecule has 1 unspecified atom stereocenters. The number of carbonyl (C=O) groups is 1. The van der Waals surface area contributed by atoms with Crippen LogP contribution >= 0.6 is 11.8 Å². The second kappa shape index (κ2) is 6.36. The number of anilines is 1. The van der Waals surface area contributed by atoms with Gasteiger partial charge >= 0.3 is 6.18 Å². The SMILES string of the molecule is O=C(Nc1cccc(OCC(F)(F)F)c1)C1CSCN1. The summed E-state index contributed by atoms with van der Waals surface area (Å²) in [6, 6.07) is 5.62. The molecule has 0 aromatic heterocycles. The van der Waals surface area contributed by atoms with Crippen LogP contribution in [0.25, 0.3) is 0 Å². The predicted molar refractivity (Wildman–Crippen MR) is 70.9 cm³/mol. The van der Waals surface area contributed by atoms with Crippen molar-refractivity contribution in [3.05, 3.63) is 24.3 Å². The van der Waals surface area contributed by atoms with Gasteiger partial charge in [0.25, 0.3) is 0 Å². The Hall–Kier alpha value is -1.41. The standard InChI is InChI=1S/C12H13F3N2O2S/c13-12(14,15)6-19-9-3-1-2-8(4-9)17-11(18)10-5-20-7-16-10/h1-4,10,16H,5-7H2,(H,17,18). The molecule has 8 heteroatoms. The van der Waals surface area contributed by atoms with Crippen LogP contribution in [0, 0.1) is 0 Å². The molecular formula is C12H13F3N2O2S. The third kappa shape index (κ3) is 4.61. The van der Waals surface area contributed by atoms with Crippen molar-refractivity contribution in [1.82, 2.24) is 5.32 Å². The highest BCUT2D eigenvalue weighted by molar-refractivity contribution is 7.99. The number of amides is 1. The summed E-state index contributed by atoms with van der Waals surface area (Å²) in [6.45, 7) is -1.36. The maximum Gasteiger partial charge on any atom is 0.422 e. The van der Waals surface area contributed by atoms with Gasteiger partial charge in [0.2, 0.25) is 5.91 Å². The number of halogens is 3. The lowest BCUT2D eigenvalue weighted by molar-refractivity contribution is -0.153. The molecular weight excluding hydrogens is 293 g/mol. The molecule has 1 aromatic rings. The van der Waals surface area contributed by atoms with E-state index in [0.29, 0.717) is 17.3 Å². The van der Waals surface area contributed by atoms with Crippen LogP contribution in [0.5, 0.6) is 5.75 Å². The fourth-order valence-electron chi connectivity index (χ4n) is 1.62. The summed E-state index contributed by atoms with van der Waals surface area (Å²) in [5, 5.41) is 5.65. The van der Waals surface area contributed by atoms with Crippen LogP contribution in [-0.2, 0) is 4.79 Å². The largest absolute Gasteiger partial charge is 0.484 e. The van der Waals surface area contributed by atoms with E-state index in [1.54, 1.807) is 17.8 Å². The molecule has 1 atom stereocenters. The van der Waals surface area contributed by atoms with Crippen LogP contribution in [0.3, 0.4) is 0 Å². The van der Waals surface area contributed by atoms with Gasteiger partial charge in [-0.15, -0.1) is 11.8 Å². The van der Waals surface area contributed by atoms with Gasteiger partial charge in [0.15, 0.2) is 6.61 Å². The molecule has 1 aliphatic rings. The molecule has 1 saturated heterocycles. The Bertz CT molecular complexity index is 476. The van der Waals surface area contributed by atoms with Crippen LogP contribution in [0.15, 0.2) is 24.3 Å². The molecule has 1 aliphatic heterocycles. The number of nitrogens with one attached hydrogen (secondary N) is 2. The molecule has 0 bridgehead atoms. The Morgan fingerprint density at radius 1 is 1.50 bits per heavy atom. The van der Waals surface area contributed by atoms with Gasteiger partial charge in [-0.3, -0.25) is 10.1 Å². The van der Waals surface area contributed by atoms with Crippen LogP contribution in [0.4, 0.5) is 18.9 Å². The summed E-state index contributed by atoms with van der Waals surface area (Å²) in [5.74, 6) is 1.25. The quantitative estimate of drug-likeness (QED) is 0.895. The summed E-state index contributed by atoms with van der Waals surface area (Å²) in [4.78, 5) is 11.8. The minimum Gasteiger partial charge on any atom is -0.484 e. The number of ether oxygens (including phenoxy) is 1. The number of hydrogen-bond acceptors (Lipinski definition) is 4. The second-order valence-corrected chi connectivity index (χ2v) is 5.22. The predicted octanol–water partition coefficient (Wildman–Crippen LogP) is 2.23.